The van der Waals surface area contributed by atoms with Gasteiger partial charge in [-0.15, -0.1) is 0 Å². The molecule has 0 radical (unpaired) electrons. The summed E-state index contributed by atoms with van der Waals surface area (Å²) in [5, 5.41) is 11.8. The fourth-order valence-electron chi connectivity index (χ4n) is 7.06. The van der Waals surface area contributed by atoms with Crippen molar-refractivity contribution < 1.29 is 4.63 Å². The van der Waals surface area contributed by atoms with Crippen LogP contribution in [0.3, 0.4) is 0 Å². The van der Waals surface area contributed by atoms with Crippen LogP contribution in [0.4, 0.5) is 0 Å². The minimum Gasteiger partial charge on any atom is -0.246 e. The van der Waals surface area contributed by atoms with E-state index in [9.17, 15) is 0 Å². The molecule has 7 aromatic carbocycles. The van der Waals surface area contributed by atoms with Gasteiger partial charge in [0.2, 0.25) is 0 Å². The number of rotatable bonds is 6. The average Bonchev–Trinajstić information content (AvgIpc) is 3.74. The van der Waals surface area contributed by atoms with Crippen molar-refractivity contribution in [2.75, 3.05) is 0 Å². The van der Waals surface area contributed by atoms with E-state index >= 15 is 0 Å². The third-order valence-corrected chi connectivity index (χ3v) is 9.61. The number of hydrogen-bond acceptors (Lipinski definition) is 7. The highest BCUT2D eigenvalue weighted by molar-refractivity contribution is 6.24. The molecular formula is C46H28N6O. The van der Waals surface area contributed by atoms with Gasteiger partial charge in [0.05, 0.1) is 11.2 Å². The van der Waals surface area contributed by atoms with Crippen LogP contribution in [0.1, 0.15) is 0 Å². The average molecular weight is 681 g/mol. The monoisotopic (exact) mass is 680 g/mol. The fraction of sp³-hybridized carbons (Fsp3) is 0. The van der Waals surface area contributed by atoms with Crippen LogP contribution in [-0.2, 0) is 0 Å². The highest BCUT2D eigenvalue weighted by atomic mass is 16.6. The first kappa shape index (κ1) is 30.4. The Kier molecular flexibility index (Phi) is 7.32. The van der Waals surface area contributed by atoms with Gasteiger partial charge in [0.15, 0.2) is 17.5 Å². The normalized spacial score (nSPS) is 11.4. The SMILES string of the molecule is c1ccc(-c2nc(-c3ccccc3)nc(-c3ccc(-c4cccc5c4nc(-c4ccccc4)c4cc(-c6ccccc6)c6nonc6c45)cc3)n2)cc1. The van der Waals surface area contributed by atoms with Crippen LogP contribution in [0.15, 0.2) is 174 Å². The lowest BCUT2D eigenvalue weighted by Crippen LogP contribution is -2.00. The molecule has 0 fully saturated rings. The number of hydrogen-bond donors (Lipinski definition) is 0. The predicted octanol–water partition coefficient (Wildman–Crippen LogP) is 11.1. The molecule has 248 valence electrons. The van der Waals surface area contributed by atoms with Gasteiger partial charge >= 0.3 is 0 Å². The molecule has 0 unspecified atom stereocenters. The maximum absolute atomic E-state index is 5.44. The predicted molar refractivity (Wildman–Crippen MR) is 211 cm³/mol. The van der Waals surface area contributed by atoms with Gasteiger partial charge in [-0.25, -0.2) is 24.6 Å². The Morgan fingerprint density at radius 3 is 1.38 bits per heavy atom. The molecule has 0 amide bonds. The van der Waals surface area contributed by atoms with Crippen molar-refractivity contribution in [2.24, 2.45) is 0 Å². The molecule has 10 aromatic rings. The Hall–Kier alpha value is -7.38. The molecule has 53 heavy (non-hydrogen) atoms. The van der Waals surface area contributed by atoms with E-state index in [1.54, 1.807) is 0 Å². The van der Waals surface area contributed by atoms with E-state index in [0.29, 0.717) is 28.5 Å². The standard InChI is InChI=1S/C46H28N6O/c1-5-14-29(15-6-1)37-28-38-39(43-42(37)51-53-52-43)36-23-13-22-35(41(36)47-40(38)31-16-7-2-8-17-31)30-24-26-34(27-25-30)46-49-44(32-18-9-3-10-19-32)48-45(50-46)33-20-11-4-12-21-33/h1-28H. The molecule has 0 atom stereocenters. The van der Waals surface area contributed by atoms with Gasteiger partial charge in [-0.3, -0.25) is 0 Å². The smallest absolute Gasteiger partial charge is 0.164 e. The van der Waals surface area contributed by atoms with Crippen LogP contribution in [0.2, 0.25) is 0 Å². The third-order valence-electron chi connectivity index (χ3n) is 9.61. The molecule has 7 heteroatoms. The molecule has 3 aromatic heterocycles. The molecule has 0 aliphatic carbocycles. The van der Waals surface area contributed by atoms with Gasteiger partial charge in [0, 0.05) is 49.5 Å². The van der Waals surface area contributed by atoms with Gasteiger partial charge in [-0.2, -0.15) is 0 Å². The van der Waals surface area contributed by atoms with Crippen LogP contribution in [0, 0.1) is 0 Å². The summed E-state index contributed by atoms with van der Waals surface area (Å²) in [5.41, 5.74) is 10.9. The summed E-state index contributed by atoms with van der Waals surface area (Å²) in [5.74, 6) is 1.86. The Balaban J connectivity index is 1.15. The van der Waals surface area contributed by atoms with E-state index in [0.717, 1.165) is 71.9 Å². The molecule has 0 bridgehead atoms. The maximum Gasteiger partial charge on any atom is 0.164 e. The molecule has 0 N–H and O–H groups in total. The van der Waals surface area contributed by atoms with E-state index < -0.39 is 0 Å². The van der Waals surface area contributed by atoms with Gasteiger partial charge < -0.3 is 0 Å². The third kappa shape index (κ3) is 5.39. The Morgan fingerprint density at radius 1 is 0.321 bits per heavy atom. The van der Waals surface area contributed by atoms with Gasteiger partial charge in [-0.1, -0.05) is 164 Å². The Morgan fingerprint density at radius 2 is 0.792 bits per heavy atom. The number of benzene rings is 7. The van der Waals surface area contributed by atoms with Crippen molar-refractivity contribution >= 4 is 32.7 Å². The van der Waals surface area contributed by atoms with Gasteiger partial charge in [0.1, 0.15) is 11.0 Å². The Bertz CT molecular complexity index is 2860. The van der Waals surface area contributed by atoms with Crippen molar-refractivity contribution in [1.82, 2.24) is 30.2 Å². The summed E-state index contributed by atoms with van der Waals surface area (Å²) in [6, 6.07) is 57.4. The number of fused-ring (bicyclic) bond motifs is 5. The number of nitrogens with zero attached hydrogens (tertiary/aromatic N) is 6. The second-order valence-electron chi connectivity index (χ2n) is 12.8. The molecule has 0 aliphatic rings. The number of aromatic nitrogens is 6. The first-order valence-corrected chi connectivity index (χ1v) is 17.4. The molecule has 10 rings (SSSR count). The molecule has 0 aliphatic heterocycles. The zero-order chi connectivity index (χ0) is 35.1. The van der Waals surface area contributed by atoms with Gasteiger partial charge in [0.25, 0.3) is 0 Å². The molecule has 0 spiro atoms. The summed E-state index contributed by atoms with van der Waals surface area (Å²) >= 11 is 0. The lowest BCUT2D eigenvalue weighted by molar-refractivity contribution is 0.316. The van der Waals surface area contributed by atoms with Gasteiger partial charge in [-0.05, 0) is 27.5 Å². The van der Waals surface area contributed by atoms with E-state index in [2.05, 4.69) is 83.1 Å². The second kappa shape index (κ2) is 12.7. The highest BCUT2D eigenvalue weighted by Gasteiger charge is 2.21. The largest absolute Gasteiger partial charge is 0.246 e. The fourth-order valence-corrected chi connectivity index (χ4v) is 7.06. The van der Waals surface area contributed by atoms with E-state index in [1.807, 2.05) is 97.1 Å². The minimum atomic E-state index is 0.604. The first-order chi connectivity index (χ1) is 26.3. The van der Waals surface area contributed by atoms with Crippen LogP contribution < -0.4 is 0 Å². The van der Waals surface area contributed by atoms with Crippen molar-refractivity contribution in [1.29, 1.82) is 0 Å². The highest BCUT2D eigenvalue weighted by Crippen LogP contribution is 2.42. The zero-order valence-electron chi connectivity index (χ0n) is 28.3. The lowest BCUT2D eigenvalue weighted by Gasteiger charge is -2.15. The number of para-hydroxylation sites is 1. The van der Waals surface area contributed by atoms with E-state index in [-0.39, 0.29) is 0 Å². The molecule has 0 saturated carbocycles. The van der Waals surface area contributed by atoms with Crippen molar-refractivity contribution in [2.45, 2.75) is 0 Å². The molecular weight excluding hydrogens is 653 g/mol. The van der Waals surface area contributed by atoms with Crippen LogP contribution in [0.5, 0.6) is 0 Å². The van der Waals surface area contributed by atoms with Crippen LogP contribution in [0.25, 0.3) is 100 Å². The summed E-state index contributed by atoms with van der Waals surface area (Å²) in [7, 11) is 0. The van der Waals surface area contributed by atoms with Crippen LogP contribution >= 0.6 is 0 Å². The van der Waals surface area contributed by atoms with Crippen molar-refractivity contribution in [3.05, 3.63) is 170 Å². The topological polar surface area (TPSA) is 90.5 Å². The van der Waals surface area contributed by atoms with Crippen molar-refractivity contribution in [3.63, 3.8) is 0 Å². The maximum atomic E-state index is 5.44. The Labute approximate surface area is 304 Å². The zero-order valence-corrected chi connectivity index (χ0v) is 28.3. The second-order valence-corrected chi connectivity index (χ2v) is 12.8. The number of pyridine rings is 1. The van der Waals surface area contributed by atoms with Crippen LogP contribution in [-0.4, -0.2) is 30.2 Å². The molecule has 0 saturated heterocycles. The molecule has 7 nitrogen and oxygen atoms in total. The quantitative estimate of drug-likeness (QED) is 0.161. The van der Waals surface area contributed by atoms with E-state index in [4.69, 9.17) is 24.6 Å². The van der Waals surface area contributed by atoms with E-state index in [1.165, 1.54) is 0 Å². The summed E-state index contributed by atoms with van der Waals surface area (Å²) in [6.07, 6.45) is 0. The lowest BCUT2D eigenvalue weighted by atomic mass is 9.92. The molecule has 3 heterocycles. The minimum absolute atomic E-state index is 0.604. The summed E-state index contributed by atoms with van der Waals surface area (Å²) in [6.45, 7) is 0. The first-order valence-electron chi connectivity index (χ1n) is 17.4. The summed E-state index contributed by atoms with van der Waals surface area (Å²) < 4.78 is 5.44. The van der Waals surface area contributed by atoms with Crippen molar-refractivity contribution in [3.8, 4) is 67.7 Å². The summed E-state index contributed by atoms with van der Waals surface area (Å²) in [4.78, 5) is 20.1.